The molecule has 0 aromatic carbocycles. The summed E-state index contributed by atoms with van der Waals surface area (Å²) >= 11 is 0. The highest BCUT2D eigenvalue weighted by Crippen LogP contribution is 2.31. The first kappa shape index (κ1) is 19.1. The summed E-state index contributed by atoms with van der Waals surface area (Å²) in [6.07, 6.45) is -0.557. The molecule has 0 saturated carbocycles. The monoisotopic (exact) mass is 364 g/mol. The van der Waals surface area contributed by atoms with E-state index in [1.165, 1.54) is 11.4 Å². The van der Waals surface area contributed by atoms with Crippen LogP contribution in [0.3, 0.4) is 0 Å². The molecule has 0 N–H and O–H groups in total. The SMILES string of the molecule is Cc1ccc(C)n1-c1cc(C(C)(C)C)nn1C1CCN(CC(F)F)CC1. The van der Waals surface area contributed by atoms with Crippen LogP contribution in [0, 0.1) is 13.8 Å². The zero-order valence-electron chi connectivity index (χ0n) is 16.5. The molecule has 0 unspecified atom stereocenters. The normalized spacial score (nSPS) is 17.4. The number of nitrogens with zero attached hydrogens (tertiary/aromatic N) is 4. The Morgan fingerprint density at radius 2 is 1.69 bits per heavy atom. The molecule has 0 aliphatic carbocycles. The van der Waals surface area contributed by atoms with E-state index >= 15 is 0 Å². The lowest BCUT2D eigenvalue weighted by Gasteiger charge is -2.32. The third-order valence-corrected chi connectivity index (χ3v) is 5.28. The maximum Gasteiger partial charge on any atom is 0.251 e. The predicted octanol–water partition coefficient (Wildman–Crippen LogP) is 4.49. The van der Waals surface area contributed by atoms with E-state index in [4.69, 9.17) is 5.10 Å². The minimum atomic E-state index is -2.26. The van der Waals surface area contributed by atoms with E-state index in [0.29, 0.717) is 13.1 Å². The van der Waals surface area contributed by atoms with Crippen LogP contribution in [0.1, 0.15) is 56.7 Å². The van der Waals surface area contributed by atoms with Gasteiger partial charge in [0.25, 0.3) is 6.43 Å². The van der Waals surface area contributed by atoms with Gasteiger partial charge in [-0.3, -0.25) is 4.90 Å². The summed E-state index contributed by atoms with van der Waals surface area (Å²) < 4.78 is 29.7. The Labute approximate surface area is 154 Å². The number of aryl methyl sites for hydroxylation is 2. The fourth-order valence-electron chi connectivity index (χ4n) is 3.76. The molecule has 26 heavy (non-hydrogen) atoms. The number of halogens is 2. The molecule has 0 spiro atoms. The third kappa shape index (κ3) is 3.85. The van der Waals surface area contributed by atoms with E-state index in [-0.39, 0.29) is 18.0 Å². The lowest BCUT2D eigenvalue weighted by molar-refractivity contribution is 0.0688. The molecule has 0 atom stereocenters. The molecule has 1 aliphatic heterocycles. The molecule has 1 aliphatic rings. The third-order valence-electron chi connectivity index (χ3n) is 5.28. The first-order valence-electron chi connectivity index (χ1n) is 9.42. The minimum Gasteiger partial charge on any atom is -0.303 e. The molecule has 3 rings (SSSR count). The Morgan fingerprint density at radius 3 is 2.19 bits per heavy atom. The summed E-state index contributed by atoms with van der Waals surface area (Å²) in [5.41, 5.74) is 3.39. The van der Waals surface area contributed by atoms with Crippen molar-refractivity contribution in [2.75, 3.05) is 19.6 Å². The predicted molar refractivity (Wildman–Crippen MR) is 100 cm³/mol. The Hall–Kier alpha value is -1.69. The number of rotatable bonds is 4. The van der Waals surface area contributed by atoms with Crippen LogP contribution in [-0.2, 0) is 5.41 Å². The Bertz CT molecular complexity index is 727. The van der Waals surface area contributed by atoms with Crippen molar-refractivity contribution >= 4 is 0 Å². The zero-order chi connectivity index (χ0) is 19.1. The minimum absolute atomic E-state index is 0.0364. The van der Waals surface area contributed by atoms with Gasteiger partial charge < -0.3 is 4.57 Å². The van der Waals surface area contributed by atoms with E-state index in [1.54, 1.807) is 0 Å². The molecule has 1 fully saturated rings. The summed E-state index contributed by atoms with van der Waals surface area (Å²) in [5, 5.41) is 4.96. The van der Waals surface area contributed by atoms with Crippen LogP contribution in [0.2, 0.25) is 0 Å². The van der Waals surface area contributed by atoms with Gasteiger partial charge in [-0.25, -0.2) is 13.5 Å². The van der Waals surface area contributed by atoms with E-state index in [9.17, 15) is 8.78 Å². The van der Waals surface area contributed by atoms with E-state index in [1.807, 2.05) is 4.90 Å². The van der Waals surface area contributed by atoms with Crippen molar-refractivity contribution < 1.29 is 8.78 Å². The van der Waals surface area contributed by atoms with Crippen LogP contribution in [-0.4, -0.2) is 45.3 Å². The molecule has 144 valence electrons. The van der Waals surface area contributed by atoms with Gasteiger partial charge in [0.05, 0.1) is 18.3 Å². The number of alkyl halides is 2. The molecule has 0 radical (unpaired) electrons. The first-order valence-corrected chi connectivity index (χ1v) is 9.42. The van der Waals surface area contributed by atoms with Gasteiger partial charge in [-0.2, -0.15) is 5.10 Å². The number of piperidine rings is 1. The highest BCUT2D eigenvalue weighted by Gasteiger charge is 2.28. The second-order valence-electron chi connectivity index (χ2n) is 8.46. The Morgan fingerprint density at radius 1 is 1.12 bits per heavy atom. The Balaban J connectivity index is 1.93. The maximum absolute atomic E-state index is 12.7. The smallest absolute Gasteiger partial charge is 0.251 e. The van der Waals surface area contributed by atoms with E-state index in [2.05, 4.69) is 62.1 Å². The molecule has 6 heteroatoms. The standard InChI is InChI=1S/C20H30F2N4/c1-14-6-7-15(2)25(14)19-12-17(20(3,4)5)23-26(19)16-8-10-24(11-9-16)13-18(21)22/h6-7,12,16,18H,8-11,13H2,1-5H3. The second-order valence-corrected chi connectivity index (χ2v) is 8.46. The number of hydrogen-bond acceptors (Lipinski definition) is 2. The van der Waals surface area contributed by atoms with Crippen LogP contribution in [0.25, 0.3) is 5.82 Å². The molecule has 0 bridgehead atoms. The van der Waals surface area contributed by atoms with Gasteiger partial charge in [0, 0.05) is 36.0 Å². The lowest BCUT2D eigenvalue weighted by Crippen LogP contribution is -2.38. The fourth-order valence-corrected chi connectivity index (χ4v) is 3.76. The summed E-state index contributed by atoms with van der Waals surface area (Å²) in [6, 6.07) is 6.67. The van der Waals surface area contributed by atoms with Crippen LogP contribution < -0.4 is 0 Å². The van der Waals surface area contributed by atoms with Crippen molar-refractivity contribution in [1.29, 1.82) is 0 Å². The molecule has 2 aromatic heterocycles. The summed E-state index contributed by atoms with van der Waals surface area (Å²) in [5.74, 6) is 1.09. The molecule has 3 heterocycles. The second kappa shape index (κ2) is 7.14. The summed E-state index contributed by atoms with van der Waals surface area (Å²) in [7, 11) is 0. The van der Waals surface area contributed by atoms with E-state index < -0.39 is 6.43 Å². The van der Waals surface area contributed by atoms with Crippen LogP contribution in [0.4, 0.5) is 8.78 Å². The fraction of sp³-hybridized carbons (Fsp3) is 0.650. The quantitative estimate of drug-likeness (QED) is 0.799. The van der Waals surface area contributed by atoms with Gasteiger partial charge in [0.2, 0.25) is 0 Å². The highest BCUT2D eigenvalue weighted by atomic mass is 19.3. The van der Waals surface area contributed by atoms with Crippen LogP contribution >= 0.6 is 0 Å². The highest BCUT2D eigenvalue weighted by molar-refractivity contribution is 5.36. The molecule has 2 aromatic rings. The van der Waals surface area contributed by atoms with Gasteiger partial charge in [0.15, 0.2) is 0 Å². The maximum atomic E-state index is 12.7. The van der Waals surface area contributed by atoms with Gasteiger partial charge >= 0.3 is 0 Å². The molecular formula is C20H30F2N4. The van der Waals surface area contributed by atoms with Crippen molar-refractivity contribution in [3.8, 4) is 5.82 Å². The first-order chi connectivity index (χ1) is 12.2. The lowest BCUT2D eigenvalue weighted by atomic mass is 9.92. The van der Waals surface area contributed by atoms with Crippen molar-refractivity contribution in [2.45, 2.75) is 65.3 Å². The van der Waals surface area contributed by atoms with Gasteiger partial charge in [-0.1, -0.05) is 20.8 Å². The zero-order valence-corrected chi connectivity index (χ0v) is 16.5. The number of hydrogen-bond donors (Lipinski definition) is 0. The average Bonchev–Trinajstić information content (AvgIpc) is 3.11. The van der Waals surface area contributed by atoms with E-state index in [0.717, 1.165) is 24.4 Å². The van der Waals surface area contributed by atoms with Gasteiger partial charge in [-0.05, 0) is 38.8 Å². The van der Waals surface area contributed by atoms with Crippen LogP contribution in [0.5, 0.6) is 0 Å². The van der Waals surface area contributed by atoms with Crippen molar-refractivity contribution in [1.82, 2.24) is 19.2 Å². The van der Waals surface area contributed by atoms with Crippen molar-refractivity contribution in [2.24, 2.45) is 0 Å². The van der Waals surface area contributed by atoms with Crippen molar-refractivity contribution in [3.63, 3.8) is 0 Å². The van der Waals surface area contributed by atoms with Gasteiger partial charge in [0.1, 0.15) is 5.82 Å². The average molecular weight is 364 g/mol. The van der Waals surface area contributed by atoms with Crippen LogP contribution in [0.15, 0.2) is 18.2 Å². The number of likely N-dealkylation sites (tertiary alicyclic amines) is 1. The molecule has 4 nitrogen and oxygen atoms in total. The van der Waals surface area contributed by atoms with Crippen molar-refractivity contribution in [3.05, 3.63) is 35.3 Å². The summed E-state index contributed by atoms with van der Waals surface area (Å²) in [4.78, 5) is 1.86. The molecule has 0 amide bonds. The molecular weight excluding hydrogens is 334 g/mol. The topological polar surface area (TPSA) is 26.0 Å². The van der Waals surface area contributed by atoms with Gasteiger partial charge in [-0.15, -0.1) is 0 Å². The molecule has 1 saturated heterocycles. The largest absolute Gasteiger partial charge is 0.303 e. The summed E-state index contributed by atoms with van der Waals surface area (Å²) in [6.45, 7) is 12.0. The number of aromatic nitrogens is 3. The Kier molecular flexibility index (Phi) is 5.24.